The van der Waals surface area contributed by atoms with Crippen LogP contribution in [0, 0.1) is 5.82 Å². The molecule has 0 fully saturated rings. The second-order valence-electron chi connectivity index (χ2n) is 3.99. The number of hydrogen-bond donors (Lipinski definition) is 2. The molecular formula is C12H9Cl2FN2O3S. The maximum absolute atomic E-state index is 13.5. The van der Waals surface area contributed by atoms with Crippen LogP contribution in [-0.4, -0.2) is 18.5 Å². The van der Waals surface area contributed by atoms with Gasteiger partial charge in [-0.25, -0.2) is 12.8 Å². The predicted octanol–water partition coefficient (Wildman–Crippen LogP) is 2.82. The molecule has 9 heteroatoms. The minimum Gasteiger partial charge on any atom is -0.392 e. The number of nitrogens with one attached hydrogen (secondary N) is 1. The largest absolute Gasteiger partial charge is 0.392 e. The molecule has 0 unspecified atom stereocenters. The van der Waals surface area contributed by atoms with Gasteiger partial charge in [-0.3, -0.25) is 9.71 Å². The first kappa shape index (κ1) is 16.0. The number of pyridine rings is 1. The van der Waals surface area contributed by atoms with E-state index in [9.17, 15) is 12.8 Å². The van der Waals surface area contributed by atoms with E-state index < -0.39 is 22.4 Å². The van der Waals surface area contributed by atoms with E-state index >= 15 is 0 Å². The second kappa shape index (κ2) is 6.15. The average molecular weight is 351 g/mol. The first-order valence-corrected chi connectivity index (χ1v) is 7.80. The summed E-state index contributed by atoms with van der Waals surface area (Å²) in [5.74, 6) is -0.825. The zero-order valence-electron chi connectivity index (χ0n) is 10.3. The molecule has 2 aromatic rings. The number of anilines is 1. The van der Waals surface area contributed by atoms with Crippen molar-refractivity contribution in [3.63, 3.8) is 0 Å². The van der Waals surface area contributed by atoms with E-state index in [2.05, 4.69) is 9.71 Å². The van der Waals surface area contributed by atoms with Crippen LogP contribution < -0.4 is 4.72 Å². The van der Waals surface area contributed by atoms with E-state index in [0.29, 0.717) is 0 Å². The lowest BCUT2D eigenvalue weighted by atomic mass is 10.2. The number of sulfonamides is 1. The molecule has 0 saturated carbocycles. The number of benzene rings is 1. The lowest BCUT2D eigenvalue weighted by Gasteiger charge is -2.12. The van der Waals surface area contributed by atoms with Gasteiger partial charge in [0, 0.05) is 11.2 Å². The first-order valence-electron chi connectivity index (χ1n) is 5.56. The van der Waals surface area contributed by atoms with Crippen molar-refractivity contribution in [1.29, 1.82) is 0 Å². The fourth-order valence-corrected chi connectivity index (χ4v) is 3.48. The molecule has 0 aliphatic rings. The molecule has 0 spiro atoms. The number of aliphatic hydroxyl groups excluding tert-OH is 1. The quantitative estimate of drug-likeness (QED) is 0.888. The summed E-state index contributed by atoms with van der Waals surface area (Å²) < 4.78 is 40.0. The van der Waals surface area contributed by atoms with Crippen molar-refractivity contribution in [3.05, 3.63) is 52.0 Å². The standard InChI is InChI=1S/C12H9Cl2FN2O3S/c13-8-4-9(14)12(3-7(8)6-18)21(19,20)17-11-1-2-16-5-10(11)15/h1-5,18H,6H2,(H,16,17). The van der Waals surface area contributed by atoms with Crippen molar-refractivity contribution in [3.8, 4) is 0 Å². The van der Waals surface area contributed by atoms with Crippen LogP contribution in [0.2, 0.25) is 10.0 Å². The van der Waals surface area contributed by atoms with Gasteiger partial charge in [0.15, 0.2) is 5.82 Å². The van der Waals surface area contributed by atoms with Crippen molar-refractivity contribution in [1.82, 2.24) is 4.98 Å². The summed E-state index contributed by atoms with van der Waals surface area (Å²) in [5, 5.41) is 9.12. The summed E-state index contributed by atoms with van der Waals surface area (Å²) in [7, 11) is -4.14. The molecule has 1 aromatic heterocycles. The Kier molecular flexibility index (Phi) is 4.67. The van der Waals surface area contributed by atoms with E-state index in [4.69, 9.17) is 28.3 Å². The van der Waals surface area contributed by atoms with E-state index in [1.54, 1.807) is 0 Å². The Morgan fingerprint density at radius 2 is 2.00 bits per heavy atom. The Labute approximate surface area is 130 Å². The van der Waals surface area contributed by atoms with E-state index in [1.807, 2.05) is 0 Å². The normalized spacial score (nSPS) is 11.4. The highest BCUT2D eigenvalue weighted by Crippen LogP contribution is 2.30. The molecular weight excluding hydrogens is 342 g/mol. The molecule has 112 valence electrons. The molecule has 0 saturated heterocycles. The van der Waals surface area contributed by atoms with E-state index in [1.165, 1.54) is 18.3 Å². The van der Waals surface area contributed by atoms with Crippen LogP contribution in [0.1, 0.15) is 5.56 Å². The van der Waals surface area contributed by atoms with Gasteiger partial charge in [0.05, 0.1) is 23.5 Å². The van der Waals surface area contributed by atoms with Gasteiger partial charge in [-0.05, 0) is 23.8 Å². The molecule has 0 aliphatic carbocycles. The molecule has 5 nitrogen and oxygen atoms in total. The zero-order chi connectivity index (χ0) is 15.6. The molecule has 21 heavy (non-hydrogen) atoms. The Morgan fingerprint density at radius 3 is 2.62 bits per heavy atom. The van der Waals surface area contributed by atoms with Gasteiger partial charge in [0.25, 0.3) is 10.0 Å². The zero-order valence-corrected chi connectivity index (χ0v) is 12.7. The Bertz CT molecular complexity index is 784. The fraction of sp³-hybridized carbons (Fsp3) is 0.0833. The number of hydrogen-bond acceptors (Lipinski definition) is 4. The van der Waals surface area contributed by atoms with Crippen LogP contribution in [-0.2, 0) is 16.6 Å². The maximum atomic E-state index is 13.5. The summed E-state index contributed by atoms with van der Waals surface area (Å²) >= 11 is 11.7. The second-order valence-corrected chi connectivity index (χ2v) is 6.46. The number of nitrogens with zero attached hydrogens (tertiary/aromatic N) is 1. The van der Waals surface area contributed by atoms with Crippen molar-refractivity contribution in [2.45, 2.75) is 11.5 Å². The SMILES string of the molecule is O=S(=O)(Nc1ccncc1F)c1cc(CO)c(Cl)cc1Cl. The topological polar surface area (TPSA) is 79.3 Å². The molecule has 0 aliphatic heterocycles. The van der Waals surface area contributed by atoms with Gasteiger partial charge in [-0.15, -0.1) is 0 Å². The van der Waals surface area contributed by atoms with E-state index in [-0.39, 0.29) is 26.2 Å². The van der Waals surface area contributed by atoms with Crippen molar-refractivity contribution < 1.29 is 17.9 Å². The van der Waals surface area contributed by atoms with Crippen LogP contribution in [0.3, 0.4) is 0 Å². The van der Waals surface area contributed by atoms with Gasteiger partial charge in [0.1, 0.15) is 4.90 Å². The number of aromatic nitrogens is 1. The predicted molar refractivity (Wildman–Crippen MR) is 77.4 cm³/mol. The van der Waals surface area contributed by atoms with Crippen LogP contribution >= 0.6 is 23.2 Å². The first-order chi connectivity index (χ1) is 9.85. The Morgan fingerprint density at radius 1 is 1.29 bits per heavy atom. The molecule has 2 N–H and O–H groups in total. The van der Waals surface area contributed by atoms with E-state index in [0.717, 1.165) is 12.3 Å². The monoisotopic (exact) mass is 350 g/mol. The fourth-order valence-electron chi connectivity index (χ4n) is 1.56. The molecule has 0 radical (unpaired) electrons. The summed E-state index contributed by atoms with van der Waals surface area (Å²) in [6.07, 6.45) is 2.12. The van der Waals surface area contributed by atoms with Crippen molar-refractivity contribution >= 4 is 38.9 Å². The smallest absolute Gasteiger partial charge is 0.263 e. The lowest BCUT2D eigenvalue weighted by molar-refractivity contribution is 0.281. The van der Waals surface area contributed by atoms with Gasteiger partial charge < -0.3 is 5.11 Å². The highest BCUT2D eigenvalue weighted by Gasteiger charge is 2.21. The van der Waals surface area contributed by atoms with Gasteiger partial charge in [-0.2, -0.15) is 0 Å². The van der Waals surface area contributed by atoms with Crippen LogP contribution in [0.25, 0.3) is 0 Å². The van der Waals surface area contributed by atoms with Crippen LogP contribution in [0.5, 0.6) is 0 Å². The molecule has 0 bridgehead atoms. The van der Waals surface area contributed by atoms with Gasteiger partial charge in [-0.1, -0.05) is 23.2 Å². The molecule has 1 heterocycles. The van der Waals surface area contributed by atoms with Crippen molar-refractivity contribution in [2.24, 2.45) is 0 Å². The third-order valence-corrected chi connectivity index (χ3v) is 4.76. The lowest BCUT2D eigenvalue weighted by Crippen LogP contribution is -2.15. The molecule has 1 aromatic carbocycles. The molecule has 2 rings (SSSR count). The minimum atomic E-state index is -4.14. The summed E-state index contributed by atoms with van der Waals surface area (Å²) in [6.45, 7) is -0.456. The Hall–Kier alpha value is -1.41. The molecule has 0 atom stereocenters. The highest BCUT2D eigenvalue weighted by molar-refractivity contribution is 7.92. The maximum Gasteiger partial charge on any atom is 0.263 e. The summed E-state index contributed by atoms with van der Waals surface area (Å²) in [5.41, 5.74) is -0.0711. The molecule has 0 amide bonds. The van der Waals surface area contributed by atoms with Crippen LogP contribution in [0.15, 0.2) is 35.5 Å². The van der Waals surface area contributed by atoms with Crippen molar-refractivity contribution in [2.75, 3.05) is 4.72 Å². The van der Waals surface area contributed by atoms with Gasteiger partial charge >= 0.3 is 0 Å². The average Bonchev–Trinajstić information content (AvgIpc) is 2.41. The minimum absolute atomic E-state index is 0.136. The highest BCUT2D eigenvalue weighted by atomic mass is 35.5. The summed E-state index contributed by atoms with van der Waals surface area (Å²) in [6, 6.07) is 3.50. The van der Waals surface area contributed by atoms with Crippen LogP contribution in [0.4, 0.5) is 10.1 Å². The Balaban J connectivity index is 2.47. The van der Waals surface area contributed by atoms with Gasteiger partial charge in [0.2, 0.25) is 0 Å². The number of halogens is 3. The number of rotatable bonds is 4. The third-order valence-electron chi connectivity index (χ3n) is 2.58. The number of aliphatic hydroxyl groups is 1. The third kappa shape index (κ3) is 3.44. The summed E-state index contributed by atoms with van der Waals surface area (Å²) in [4.78, 5) is 3.21.